The van der Waals surface area contributed by atoms with Crippen LogP contribution in [-0.2, 0) is 0 Å². The van der Waals surface area contributed by atoms with E-state index in [0.717, 1.165) is 11.0 Å². The van der Waals surface area contributed by atoms with Crippen molar-refractivity contribution in [3.05, 3.63) is 29.1 Å². The Balaban J connectivity index is 0.000000401. The average molecular weight is 594 g/mol. The van der Waals surface area contributed by atoms with E-state index in [4.69, 9.17) is 0 Å². The third-order valence-corrected chi connectivity index (χ3v) is 14.4. The van der Waals surface area contributed by atoms with E-state index in [9.17, 15) is 0 Å². The van der Waals surface area contributed by atoms with Gasteiger partial charge < -0.3 is 0 Å². The molecular formula is C22H30N2S6Se. The second-order valence-corrected chi connectivity index (χ2v) is 15.5. The van der Waals surface area contributed by atoms with E-state index in [1.165, 1.54) is 76.8 Å². The Bertz CT molecular complexity index is 856. The summed E-state index contributed by atoms with van der Waals surface area (Å²) in [5, 5.41) is 0. The summed E-state index contributed by atoms with van der Waals surface area (Å²) in [6.07, 6.45) is 7.99. The monoisotopic (exact) mass is 594 g/mol. The van der Waals surface area contributed by atoms with Crippen LogP contribution < -0.4 is 0 Å². The molecule has 0 unspecified atom stereocenters. The molecule has 0 saturated heterocycles. The van der Waals surface area contributed by atoms with Gasteiger partial charge in [-0.2, -0.15) is 0 Å². The normalized spacial score (nSPS) is 15.6. The Hall–Kier alpha value is 0.919. The number of benzene rings is 1. The minimum absolute atomic E-state index is 0.0614. The van der Waals surface area contributed by atoms with Gasteiger partial charge in [-0.15, -0.1) is 0 Å². The molecule has 0 fully saturated rings. The summed E-state index contributed by atoms with van der Waals surface area (Å²) in [5.74, 6) is 2.42. The molecular weight excluding hydrogens is 564 g/mol. The molecule has 0 radical (unpaired) electrons. The van der Waals surface area contributed by atoms with E-state index >= 15 is 0 Å². The predicted octanol–water partition coefficient (Wildman–Crippen LogP) is 9.49. The summed E-state index contributed by atoms with van der Waals surface area (Å²) in [6, 6.07) is 4.46. The summed E-state index contributed by atoms with van der Waals surface area (Å²) in [4.78, 5) is 2.70. The molecule has 9 heteroatoms. The Labute approximate surface area is 219 Å². The molecule has 0 bridgehead atoms. The van der Waals surface area contributed by atoms with Crippen molar-refractivity contribution < 1.29 is 0 Å². The van der Waals surface area contributed by atoms with Gasteiger partial charge in [0.05, 0.1) is 0 Å². The van der Waals surface area contributed by atoms with Crippen molar-refractivity contribution in [3.8, 4) is 0 Å². The van der Waals surface area contributed by atoms with E-state index in [1.807, 2.05) is 70.6 Å². The zero-order chi connectivity index (χ0) is 22.1. The summed E-state index contributed by atoms with van der Waals surface area (Å²) in [5.41, 5.74) is 2.17. The number of hydrogen-bond donors (Lipinski definition) is 0. The van der Waals surface area contributed by atoms with E-state index in [2.05, 4.69) is 47.8 Å². The van der Waals surface area contributed by atoms with Crippen LogP contribution >= 0.6 is 70.6 Å². The van der Waals surface area contributed by atoms with Gasteiger partial charge in [0.2, 0.25) is 0 Å². The van der Waals surface area contributed by atoms with Gasteiger partial charge in [-0.1, -0.05) is 53.4 Å². The SMILES string of the molecule is CCCCCC.CCCSC1=C(SCCC)SC(=C2Sc3cc4n[se]nc4cc3S2)S1. The second-order valence-electron chi connectivity index (χ2n) is 7.01. The fourth-order valence-electron chi connectivity index (χ4n) is 2.68. The van der Waals surface area contributed by atoms with Crippen LogP contribution in [0.5, 0.6) is 0 Å². The number of nitrogens with zero attached hydrogens (tertiary/aromatic N) is 2. The topological polar surface area (TPSA) is 25.8 Å². The number of aromatic nitrogens is 2. The van der Waals surface area contributed by atoms with Gasteiger partial charge in [-0.25, -0.2) is 0 Å². The van der Waals surface area contributed by atoms with Crippen LogP contribution in [0.3, 0.4) is 0 Å². The first kappa shape index (κ1) is 26.5. The zero-order valence-corrected chi connectivity index (χ0v) is 25.2. The Kier molecular flexibility index (Phi) is 12.3. The van der Waals surface area contributed by atoms with Gasteiger partial charge in [0.15, 0.2) is 0 Å². The van der Waals surface area contributed by atoms with Crippen LogP contribution in [0.4, 0.5) is 0 Å². The third kappa shape index (κ3) is 7.71. The number of fused-ring (bicyclic) bond motifs is 2. The fraction of sp³-hybridized carbons (Fsp3) is 0.545. The van der Waals surface area contributed by atoms with Crippen molar-refractivity contribution >= 4 is 96.6 Å². The molecule has 0 amide bonds. The third-order valence-electron chi connectivity index (χ3n) is 4.26. The Morgan fingerprint density at radius 1 is 0.677 bits per heavy atom. The maximum absolute atomic E-state index is 4.52. The molecule has 2 nitrogen and oxygen atoms in total. The van der Waals surface area contributed by atoms with Crippen LogP contribution in [0.15, 0.2) is 38.9 Å². The average Bonchev–Trinajstić information content (AvgIpc) is 3.50. The van der Waals surface area contributed by atoms with Crippen molar-refractivity contribution in [1.82, 2.24) is 7.96 Å². The number of unbranched alkanes of at least 4 members (excludes halogenated alkanes) is 3. The van der Waals surface area contributed by atoms with Crippen molar-refractivity contribution in [2.75, 3.05) is 11.5 Å². The summed E-state index contributed by atoms with van der Waals surface area (Å²) < 4.78 is 15.0. The summed E-state index contributed by atoms with van der Waals surface area (Å²) in [7, 11) is 0. The number of rotatable bonds is 9. The van der Waals surface area contributed by atoms with E-state index in [0.29, 0.717) is 0 Å². The minimum atomic E-state index is 0.0614. The summed E-state index contributed by atoms with van der Waals surface area (Å²) in [6.45, 7) is 8.98. The van der Waals surface area contributed by atoms with Crippen molar-refractivity contribution in [2.24, 2.45) is 0 Å². The molecule has 3 heterocycles. The Morgan fingerprint density at radius 3 is 1.55 bits per heavy atom. The molecule has 170 valence electrons. The standard InChI is InChI=1S/C16H16N2S6Se.C6H14/c1-3-5-19-13-14(20-6-4-2)24-16(23-13)15-21-11-7-9-10(18-25-17-9)8-12(11)22-15;1-3-5-6-4-2/h7-8H,3-6H2,1-2H3;3-6H2,1-2H3. The molecule has 0 atom stereocenters. The molecule has 0 aliphatic carbocycles. The maximum atomic E-state index is 4.52. The van der Waals surface area contributed by atoms with Gasteiger partial charge in [-0.05, 0) is 0 Å². The van der Waals surface area contributed by atoms with E-state index in [-0.39, 0.29) is 15.0 Å². The first-order valence-electron chi connectivity index (χ1n) is 10.9. The number of thioether (sulfide) groups is 6. The van der Waals surface area contributed by atoms with E-state index < -0.39 is 0 Å². The first-order valence-corrected chi connectivity index (χ1v) is 17.7. The molecule has 1 aromatic heterocycles. The fourth-order valence-corrected chi connectivity index (χ4v) is 12.3. The van der Waals surface area contributed by atoms with Gasteiger partial charge in [0, 0.05) is 0 Å². The van der Waals surface area contributed by atoms with E-state index in [1.54, 1.807) is 0 Å². The zero-order valence-electron chi connectivity index (χ0n) is 18.6. The van der Waals surface area contributed by atoms with Crippen molar-refractivity contribution in [1.29, 1.82) is 0 Å². The second kappa shape index (κ2) is 14.3. The molecule has 2 aliphatic rings. The quantitative estimate of drug-likeness (QED) is 0.209. The molecule has 0 N–H and O–H groups in total. The molecule has 4 rings (SSSR count). The van der Waals surface area contributed by atoms with Gasteiger partial charge in [0.1, 0.15) is 0 Å². The number of hydrogen-bond acceptors (Lipinski definition) is 8. The molecule has 0 saturated carbocycles. The predicted molar refractivity (Wildman–Crippen MR) is 153 cm³/mol. The molecule has 0 spiro atoms. The van der Waals surface area contributed by atoms with Gasteiger partial charge in [-0.3, -0.25) is 0 Å². The molecule has 2 aliphatic heterocycles. The van der Waals surface area contributed by atoms with Crippen LogP contribution in [-0.4, -0.2) is 34.4 Å². The van der Waals surface area contributed by atoms with Gasteiger partial charge >= 0.3 is 168 Å². The molecule has 1 aromatic carbocycles. The van der Waals surface area contributed by atoms with Crippen LogP contribution in [0.1, 0.15) is 66.2 Å². The molecule has 2 aromatic rings. The van der Waals surface area contributed by atoms with Crippen LogP contribution in [0, 0.1) is 0 Å². The first-order chi connectivity index (χ1) is 15.2. The molecule has 31 heavy (non-hydrogen) atoms. The van der Waals surface area contributed by atoms with Gasteiger partial charge in [0.25, 0.3) is 0 Å². The van der Waals surface area contributed by atoms with Crippen LogP contribution in [0.25, 0.3) is 11.0 Å². The Morgan fingerprint density at radius 2 is 1.13 bits per heavy atom. The van der Waals surface area contributed by atoms with Crippen LogP contribution in [0.2, 0.25) is 0 Å². The van der Waals surface area contributed by atoms with Crippen molar-refractivity contribution in [2.45, 2.75) is 76.0 Å². The summed E-state index contributed by atoms with van der Waals surface area (Å²) >= 11 is 11.9. The van der Waals surface area contributed by atoms with Crippen molar-refractivity contribution in [3.63, 3.8) is 0 Å².